The lowest BCUT2D eigenvalue weighted by Crippen LogP contribution is -2.25. The predicted octanol–water partition coefficient (Wildman–Crippen LogP) is 4.31. The van der Waals surface area contributed by atoms with Gasteiger partial charge in [0.15, 0.2) is 0 Å². The maximum atomic E-state index is 11.9. The summed E-state index contributed by atoms with van der Waals surface area (Å²) in [5, 5.41) is 2.96. The molecule has 0 saturated carbocycles. The third-order valence-electron chi connectivity index (χ3n) is 2.60. The molecule has 0 spiro atoms. The summed E-state index contributed by atoms with van der Waals surface area (Å²) in [5.74, 6) is 0.00819. The first-order valence-corrected chi connectivity index (χ1v) is 7.51. The molecule has 1 N–H and O–H groups in total. The van der Waals surface area contributed by atoms with Crippen LogP contribution >= 0.6 is 22.6 Å². The normalized spacial score (nSPS) is 9.68. The molecular weight excluding hydrogens is 349 g/mol. The van der Waals surface area contributed by atoms with Crippen molar-refractivity contribution < 1.29 is 4.79 Å². The molecule has 0 atom stereocenters. The number of hydrogen-bond acceptors (Lipinski definition) is 1. The van der Waals surface area contributed by atoms with Crippen LogP contribution in [-0.4, -0.2) is 12.5 Å². The number of halogens is 1. The van der Waals surface area contributed by atoms with Gasteiger partial charge in [-0.3, -0.25) is 4.79 Å². The Kier molecular flexibility index (Phi) is 6.89. The first kappa shape index (κ1) is 16.0. The molecule has 0 bridgehead atoms. The SMILES string of the molecule is CC(C)=C=C(C)CCCNC(=O)c1ccccc1I. The summed E-state index contributed by atoms with van der Waals surface area (Å²) in [7, 11) is 0. The van der Waals surface area contributed by atoms with Crippen LogP contribution in [0, 0.1) is 3.57 Å². The molecule has 0 aliphatic heterocycles. The summed E-state index contributed by atoms with van der Waals surface area (Å²) < 4.78 is 0.984. The van der Waals surface area contributed by atoms with E-state index in [9.17, 15) is 4.79 Å². The number of amides is 1. The molecule has 2 nitrogen and oxygen atoms in total. The average molecular weight is 369 g/mol. The van der Waals surface area contributed by atoms with Crippen LogP contribution in [0.25, 0.3) is 0 Å². The molecule has 0 heterocycles. The van der Waals surface area contributed by atoms with Crippen molar-refractivity contribution in [1.29, 1.82) is 0 Å². The fraction of sp³-hybridized carbons (Fsp3) is 0.375. The lowest BCUT2D eigenvalue weighted by atomic mass is 10.1. The molecule has 0 aromatic heterocycles. The maximum Gasteiger partial charge on any atom is 0.252 e. The zero-order valence-corrected chi connectivity index (χ0v) is 13.9. The van der Waals surface area contributed by atoms with Gasteiger partial charge in [0.25, 0.3) is 5.91 Å². The van der Waals surface area contributed by atoms with Gasteiger partial charge in [-0.15, -0.1) is 5.73 Å². The topological polar surface area (TPSA) is 29.1 Å². The highest BCUT2D eigenvalue weighted by Crippen LogP contribution is 2.11. The molecule has 0 aliphatic carbocycles. The second-order valence-corrected chi connectivity index (χ2v) is 5.91. The molecule has 3 heteroatoms. The molecule has 1 aromatic carbocycles. The van der Waals surface area contributed by atoms with Gasteiger partial charge in [0, 0.05) is 10.1 Å². The van der Waals surface area contributed by atoms with E-state index in [0.717, 1.165) is 22.0 Å². The summed E-state index contributed by atoms with van der Waals surface area (Å²) in [6, 6.07) is 7.62. The Bertz CT molecular complexity index is 509. The quantitative estimate of drug-likeness (QED) is 0.468. The Morgan fingerprint density at radius 3 is 2.58 bits per heavy atom. The van der Waals surface area contributed by atoms with Crippen LogP contribution in [0.3, 0.4) is 0 Å². The fourth-order valence-electron chi connectivity index (χ4n) is 1.79. The van der Waals surface area contributed by atoms with Crippen LogP contribution in [-0.2, 0) is 0 Å². The van der Waals surface area contributed by atoms with Crippen molar-refractivity contribution in [1.82, 2.24) is 5.32 Å². The van der Waals surface area contributed by atoms with Crippen LogP contribution in [0.2, 0.25) is 0 Å². The van der Waals surface area contributed by atoms with Gasteiger partial charge in [-0.1, -0.05) is 12.1 Å². The molecule has 0 fully saturated rings. The number of nitrogens with one attached hydrogen (secondary N) is 1. The minimum absolute atomic E-state index is 0.00819. The van der Waals surface area contributed by atoms with Crippen LogP contribution in [0.1, 0.15) is 44.0 Å². The lowest BCUT2D eigenvalue weighted by molar-refractivity contribution is 0.0952. The molecule has 102 valence electrons. The Morgan fingerprint density at radius 1 is 1.26 bits per heavy atom. The summed E-state index contributed by atoms with van der Waals surface area (Å²) >= 11 is 2.18. The number of hydrogen-bond donors (Lipinski definition) is 1. The summed E-state index contributed by atoms with van der Waals surface area (Å²) in [4.78, 5) is 11.9. The first-order valence-electron chi connectivity index (χ1n) is 6.43. The van der Waals surface area contributed by atoms with E-state index in [2.05, 4.69) is 40.6 Å². The van der Waals surface area contributed by atoms with E-state index in [4.69, 9.17) is 0 Å². The van der Waals surface area contributed by atoms with Gasteiger partial charge in [-0.25, -0.2) is 0 Å². The maximum absolute atomic E-state index is 11.9. The molecule has 19 heavy (non-hydrogen) atoms. The van der Waals surface area contributed by atoms with Crippen LogP contribution in [0.5, 0.6) is 0 Å². The van der Waals surface area contributed by atoms with Crippen molar-refractivity contribution in [2.45, 2.75) is 33.6 Å². The van der Waals surface area contributed by atoms with Gasteiger partial charge in [0.2, 0.25) is 0 Å². The van der Waals surface area contributed by atoms with E-state index in [1.807, 2.05) is 38.1 Å². The van der Waals surface area contributed by atoms with E-state index in [0.29, 0.717) is 6.54 Å². The number of carbonyl (C=O) groups is 1. The molecule has 1 aromatic rings. The van der Waals surface area contributed by atoms with Crippen molar-refractivity contribution in [3.05, 3.63) is 50.3 Å². The van der Waals surface area contributed by atoms with E-state index in [-0.39, 0.29) is 5.91 Å². The number of allylic oxidation sites excluding steroid dienone is 1. The summed E-state index contributed by atoms with van der Waals surface area (Å²) in [6.45, 7) is 6.87. The van der Waals surface area contributed by atoms with Gasteiger partial charge in [-0.05, 0) is 79.5 Å². The standard InChI is InChI=1S/C16H20INO/c1-12(2)11-13(3)7-6-10-18-16(19)14-8-4-5-9-15(14)17/h4-5,8-9H,6-7,10H2,1-3H3,(H,18,19). The molecule has 0 radical (unpaired) electrons. The third-order valence-corrected chi connectivity index (χ3v) is 3.54. The lowest BCUT2D eigenvalue weighted by Gasteiger charge is -2.06. The molecule has 1 rings (SSSR count). The van der Waals surface area contributed by atoms with Crippen LogP contribution in [0.4, 0.5) is 0 Å². The van der Waals surface area contributed by atoms with Gasteiger partial charge in [0.1, 0.15) is 0 Å². The molecule has 0 unspecified atom stereocenters. The largest absolute Gasteiger partial charge is 0.352 e. The van der Waals surface area contributed by atoms with Gasteiger partial charge < -0.3 is 5.32 Å². The van der Waals surface area contributed by atoms with Crippen molar-refractivity contribution in [2.24, 2.45) is 0 Å². The zero-order chi connectivity index (χ0) is 14.3. The fourth-order valence-corrected chi connectivity index (χ4v) is 2.42. The minimum Gasteiger partial charge on any atom is -0.352 e. The van der Waals surface area contributed by atoms with Gasteiger partial charge in [-0.2, -0.15) is 0 Å². The number of carbonyl (C=O) groups excluding carboxylic acids is 1. The van der Waals surface area contributed by atoms with Gasteiger partial charge in [0.05, 0.1) is 5.56 Å². The molecular formula is C16H20INO. The second-order valence-electron chi connectivity index (χ2n) is 4.74. The minimum atomic E-state index is 0.00819. The predicted molar refractivity (Wildman–Crippen MR) is 88.3 cm³/mol. The van der Waals surface area contributed by atoms with Crippen molar-refractivity contribution >= 4 is 28.5 Å². The second kappa shape index (κ2) is 8.18. The van der Waals surface area contributed by atoms with E-state index in [1.165, 1.54) is 11.1 Å². The molecule has 0 saturated heterocycles. The number of benzene rings is 1. The Hall–Kier alpha value is -1.06. The summed E-state index contributed by atoms with van der Waals surface area (Å²) in [5.41, 5.74) is 6.47. The summed E-state index contributed by atoms with van der Waals surface area (Å²) in [6.07, 6.45) is 1.92. The zero-order valence-electron chi connectivity index (χ0n) is 11.7. The van der Waals surface area contributed by atoms with Crippen molar-refractivity contribution in [3.63, 3.8) is 0 Å². The van der Waals surface area contributed by atoms with Gasteiger partial charge >= 0.3 is 0 Å². The van der Waals surface area contributed by atoms with Crippen molar-refractivity contribution in [3.8, 4) is 0 Å². The van der Waals surface area contributed by atoms with Crippen LogP contribution in [0.15, 0.2) is 41.1 Å². The van der Waals surface area contributed by atoms with Crippen molar-refractivity contribution in [2.75, 3.05) is 6.54 Å². The average Bonchev–Trinajstić information content (AvgIpc) is 2.34. The third kappa shape index (κ3) is 6.08. The van der Waals surface area contributed by atoms with Crippen LogP contribution < -0.4 is 5.32 Å². The molecule has 0 aliphatic rings. The monoisotopic (exact) mass is 369 g/mol. The smallest absolute Gasteiger partial charge is 0.252 e. The Balaban J connectivity index is 2.41. The Morgan fingerprint density at radius 2 is 1.95 bits per heavy atom. The first-order chi connectivity index (χ1) is 9.00. The van der Waals surface area contributed by atoms with E-state index in [1.54, 1.807) is 0 Å². The highest BCUT2D eigenvalue weighted by atomic mass is 127. The molecule has 1 amide bonds. The number of rotatable bonds is 5. The van der Waals surface area contributed by atoms with E-state index < -0.39 is 0 Å². The highest BCUT2D eigenvalue weighted by Gasteiger charge is 2.07. The Labute approximate surface area is 129 Å². The van der Waals surface area contributed by atoms with E-state index >= 15 is 0 Å². The highest BCUT2D eigenvalue weighted by molar-refractivity contribution is 14.1.